The molecule has 0 atom stereocenters. The number of alkyl halides is 3. The van der Waals surface area contributed by atoms with E-state index in [1.54, 1.807) is 30.3 Å². The predicted molar refractivity (Wildman–Crippen MR) is 76.8 cm³/mol. The van der Waals surface area contributed by atoms with Crippen molar-refractivity contribution < 1.29 is 17.6 Å². The second-order valence-electron chi connectivity index (χ2n) is 4.72. The summed E-state index contributed by atoms with van der Waals surface area (Å²) in [4.78, 5) is 3.80. The van der Waals surface area contributed by atoms with Crippen LogP contribution in [0.2, 0.25) is 0 Å². The van der Waals surface area contributed by atoms with E-state index in [-0.39, 0.29) is 6.01 Å². The molecule has 0 spiro atoms. The highest BCUT2D eigenvalue weighted by Crippen LogP contribution is 2.33. The number of oxazole rings is 1. The first-order valence-corrected chi connectivity index (χ1v) is 6.43. The molecule has 0 unspecified atom stereocenters. The number of benzene rings is 2. The van der Waals surface area contributed by atoms with E-state index in [1.807, 2.05) is 0 Å². The number of hydrogen-bond donors (Lipinski definition) is 1. The number of nitrogens with two attached hydrogens (primary N) is 1. The lowest BCUT2D eigenvalue weighted by molar-refractivity contribution is -0.137. The van der Waals surface area contributed by atoms with Crippen LogP contribution in [0.25, 0.3) is 22.5 Å². The zero-order chi connectivity index (χ0) is 15.7. The fraction of sp³-hybridized carbons (Fsp3) is 0.0625. The first-order chi connectivity index (χ1) is 10.4. The predicted octanol–water partition coefficient (Wildman–Crippen LogP) is 4.61. The zero-order valence-corrected chi connectivity index (χ0v) is 11.3. The van der Waals surface area contributed by atoms with Crippen molar-refractivity contribution >= 4 is 6.01 Å². The lowest BCUT2D eigenvalue weighted by atomic mass is 10.0. The molecule has 0 fully saturated rings. The van der Waals surface area contributed by atoms with Crippen LogP contribution in [0.4, 0.5) is 19.2 Å². The van der Waals surface area contributed by atoms with Gasteiger partial charge in [-0.15, -0.1) is 0 Å². The molecule has 3 nitrogen and oxygen atoms in total. The van der Waals surface area contributed by atoms with Crippen LogP contribution in [0.3, 0.4) is 0 Å². The van der Waals surface area contributed by atoms with Gasteiger partial charge in [0.2, 0.25) is 0 Å². The molecule has 112 valence electrons. The summed E-state index contributed by atoms with van der Waals surface area (Å²) in [5.74, 6) is 0.464. The summed E-state index contributed by atoms with van der Waals surface area (Å²) in [6.07, 6.45) is -2.90. The summed E-state index contributed by atoms with van der Waals surface area (Å²) in [5, 5.41) is 0. The van der Waals surface area contributed by atoms with Gasteiger partial charge in [0.05, 0.1) is 11.8 Å². The standard InChI is InChI=1S/C16H11F3N2O/c17-16(18,19)13-6-2-4-11(8-13)10-3-1-5-12(7-10)14-9-21-15(20)22-14/h1-9H,(H2,20,21). The molecule has 3 aromatic rings. The molecule has 0 aliphatic heterocycles. The van der Waals surface area contributed by atoms with E-state index in [0.717, 1.165) is 12.1 Å². The van der Waals surface area contributed by atoms with Crippen molar-refractivity contribution in [3.63, 3.8) is 0 Å². The largest absolute Gasteiger partial charge is 0.424 e. The average molecular weight is 304 g/mol. The van der Waals surface area contributed by atoms with Gasteiger partial charge in [-0.25, -0.2) is 4.98 Å². The Balaban J connectivity index is 2.03. The third-order valence-electron chi connectivity index (χ3n) is 3.19. The first kappa shape index (κ1) is 14.2. The van der Waals surface area contributed by atoms with E-state index < -0.39 is 11.7 Å². The van der Waals surface area contributed by atoms with Gasteiger partial charge >= 0.3 is 6.18 Å². The Hall–Kier alpha value is -2.76. The molecule has 0 bridgehead atoms. The highest BCUT2D eigenvalue weighted by Gasteiger charge is 2.30. The molecule has 0 aliphatic rings. The molecule has 1 aromatic heterocycles. The molecule has 2 N–H and O–H groups in total. The van der Waals surface area contributed by atoms with Gasteiger partial charge in [0.1, 0.15) is 0 Å². The second-order valence-corrected chi connectivity index (χ2v) is 4.72. The van der Waals surface area contributed by atoms with E-state index >= 15 is 0 Å². The van der Waals surface area contributed by atoms with E-state index in [1.165, 1.54) is 12.3 Å². The van der Waals surface area contributed by atoms with Crippen LogP contribution in [0, 0.1) is 0 Å². The lowest BCUT2D eigenvalue weighted by Gasteiger charge is -2.09. The monoisotopic (exact) mass is 304 g/mol. The highest BCUT2D eigenvalue weighted by molar-refractivity contribution is 5.71. The number of aromatic nitrogens is 1. The summed E-state index contributed by atoms with van der Waals surface area (Å²) in [6, 6.07) is 12.2. The van der Waals surface area contributed by atoms with E-state index in [4.69, 9.17) is 10.2 Å². The summed E-state index contributed by atoms with van der Waals surface area (Å²) in [5.41, 5.74) is 6.57. The van der Waals surface area contributed by atoms with Crippen LogP contribution in [-0.4, -0.2) is 4.98 Å². The van der Waals surface area contributed by atoms with Crippen LogP contribution in [0.15, 0.2) is 59.1 Å². The minimum absolute atomic E-state index is 0.0412. The number of hydrogen-bond acceptors (Lipinski definition) is 3. The molecule has 2 aromatic carbocycles. The zero-order valence-electron chi connectivity index (χ0n) is 11.3. The molecular formula is C16H11F3N2O. The van der Waals surface area contributed by atoms with Crippen molar-refractivity contribution in [1.82, 2.24) is 4.98 Å². The maximum atomic E-state index is 12.8. The van der Waals surface area contributed by atoms with Crippen molar-refractivity contribution in [3.05, 3.63) is 60.3 Å². The first-order valence-electron chi connectivity index (χ1n) is 6.43. The van der Waals surface area contributed by atoms with Crippen LogP contribution in [0.5, 0.6) is 0 Å². The Morgan fingerprint density at radius 1 is 0.909 bits per heavy atom. The quantitative estimate of drug-likeness (QED) is 0.752. The number of rotatable bonds is 2. The average Bonchev–Trinajstić information content (AvgIpc) is 2.93. The van der Waals surface area contributed by atoms with Crippen LogP contribution >= 0.6 is 0 Å². The van der Waals surface area contributed by atoms with E-state index in [2.05, 4.69) is 4.98 Å². The number of nitrogens with zero attached hydrogens (tertiary/aromatic N) is 1. The third-order valence-corrected chi connectivity index (χ3v) is 3.19. The molecule has 22 heavy (non-hydrogen) atoms. The Bertz CT molecular complexity index is 809. The molecule has 1 heterocycles. The van der Waals surface area contributed by atoms with Crippen molar-refractivity contribution in [1.29, 1.82) is 0 Å². The van der Waals surface area contributed by atoms with Gasteiger partial charge in [0.25, 0.3) is 6.01 Å². The van der Waals surface area contributed by atoms with Gasteiger partial charge in [-0.05, 0) is 29.3 Å². The van der Waals surface area contributed by atoms with E-state index in [9.17, 15) is 13.2 Å². The summed E-state index contributed by atoms with van der Waals surface area (Å²) in [7, 11) is 0. The van der Waals surface area contributed by atoms with E-state index in [0.29, 0.717) is 22.5 Å². The number of anilines is 1. The highest BCUT2D eigenvalue weighted by atomic mass is 19.4. The van der Waals surface area contributed by atoms with Gasteiger partial charge in [-0.1, -0.05) is 30.3 Å². The fourth-order valence-electron chi connectivity index (χ4n) is 2.15. The van der Waals surface area contributed by atoms with Gasteiger partial charge in [-0.3, -0.25) is 0 Å². The summed E-state index contributed by atoms with van der Waals surface area (Å²) < 4.78 is 43.6. The van der Waals surface area contributed by atoms with Crippen LogP contribution in [0.1, 0.15) is 5.56 Å². The van der Waals surface area contributed by atoms with Crippen molar-refractivity contribution in [2.75, 3.05) is 5.73 Å². The number of nitrogen functional groups attached to an aromatic ring is 1. The molecular weight excluding hydrogens is 293 g/mol. The smallest absolute Gasteiger partial charge is 0.416 e. The Morgan fingerprint density at radius 2 is 1.55 bits per heavy atom. The topological polar surface area (TPSA) is 52.0 Å². The van der Waals surface area contributed by atoms with Crippen LogP contribution < -0.4 is 5.73 Å². The van der Waals surface area contributed by atoms with Gasteiger partial charge in [0.15, 0.2) is 5.76 Å². The molecule has 3 rings (SSSR count). The third kappa shape index (κ3) is 2.81. The summed E-state index contributed by atoms with van der Waals surface area (Å²) in [6.45, 7) is 0. The Morgan fingerprint density at radius 3 is 2.18 bits per heavy atom. The van der Waals surface area contributed by atoms with Crippen molar-refractivity contribution in [2.24, 2.45) is 0 Å². The Kier molecular flexibility index (Phi) is 3.36. The minimum Gasteiger partial charge on any atom is -0.424 e. The molecule has 0 aliphatic carbocycles. The van der Waals surface area contributed by atoms with Gasteiger partial charge in [-0.2, -0.15) is 13.2 Å². The summed E-state index contributed by atoms with van der Waals surface area (Å²) >= 11 is 0. The van der Waals surface area contributed by atoms with Gasteiger partial charge < -0.3 is 10.2 Å². The molecule has 0 amide bonds. The number of halogens is 3. The normalized spacial score (nSPS) is 11.6. The maximum Gasteiger partial charge on any atom is 0.416 e. The fourth-order valence-corrected chi connectivity index (χ4v) is 2.15. The minimum atomic E-state index is -4.37. The van der Waals surface area contributed by atoms with Crippen molar-refractivity contribution in [2.45, 2.75) is 6.18 Å². The van der Waals surface area contributed by atoms with Crippen molar-refractivity contribution in [3.8, 4) is 22.5 Å². The molecule has 0 saturated carbocycles. The second kappa shape index (κ2) is 5.22. The Labute approximate surface area is 124 Å². The lowest BCUT2D eigenvalue weighted by Crippen LogP contribution is -2.04. The van der Waals surface area contributed by atoms with Crippen LogP contribution in [-0.2, 0) is 6.18 Å². The van der Waals surface area contributed by atoms with Gasteiger partial charge in [0, 0.05) is 5.56 Å². The molecule has 0 saturated heterocycles. The SMILES string of the molecule is Nc1ncc(-c2cccc(-c3cccc(C(F)(F)F)c3)c2)o1. The molecule has 6 heteroatoms. The molecule has 0 radical (unpaired) electrons. The maximum absolute atomic E-state index is 12.8.